The highest BCUT2D eigenvalue weighted by Crippen LogP contribution is 2.31. The van der Waals surface area contributed by atoms with E-state index in [2.05, 4.69) is 9.88 Å². The van der Waals surface area contributed by atoms with Crippen molar-refractivity contribution in [3.8, 4) is 0 Å². The normalized spacial score (nSPS) is 26.4. The molecule has 6 heteroatoms. The van der Waals surface area contributed by atoms with Gasteiger partial charge in [0.05, 0.1) is 12.0 Å². The maximum Gasteiger partial charge on any atom is 0.223 e. The Labute approximate surface area is 137 Å². The molecule has 0 aliphatic carbocycles. The molecular formula is C17H26N4O2. The molecule has 2 saturated heterocycles. The Balaban J connectivity index is 1.46. The summed E-state index contributed by atoms with van der Waals surface area (Å²) in [6.45, 7) is 3.73. The number of primary amides is 1. The van der Waals surface area contributed by atoms with Crippen LogP contribution in [0, 0.1) is 11.8 Å². The summed E-state index contributed by atoms with van der Waals surface area (Å²) in [5, 5.41) is 0. The van der Waals surface area contributed by atoms with E-state index in [1.807, 2.05) is 12.1 Å². The van der Waals surface area contributed by atoms with E-state index in [0.29, 0.717) is 18.3 Å². The van der Waals surface area contributed by atoms with Gasteiger partial charge in [0.15, 0.2) is 0 Å². The molecule has 0 bridgehead atoms. The van der Waals surface area contributed by atoms with Crippen molar-refractivity contribution < 1.29 is 9.53 Å². The highest BCUT2D eigenvalue weighted by atomic mass is 16.5. The number of nitrogen functional groups attached to an aromatic ring is 1. The van der Waals surface area contributed by atoms with Crippen molar-refractivity contribution in [2.24, 2.45) is 17.6 Å². The predicted molar refractivity (Wildman–Crippen MR) is 88.3 cm³/mol. The number of amides is 1. The summed E-state index contributed by atoms with van der Waals surface area (Å²) in [4.78, 5) is 17.9. The molecule has 0 spiro atoms. The van der Waals surface area contributed by atoms with Gasteiger partial charge < -0.3 is 16.2 Å². The quantitative estimate of drug-likeness (QED) is 0.849. The number of rotatable bonds is 5. The van der Waals surface area contributed by atoms with Crippen LogP contribution in [0.4, 0.5) is 5.82 Å². The van der Waals surface area contributed by atoms with Gasteiger partial charge in [0.1, 0.15) is 5.82 Å². The molecule has 0 unspecified atom stereocenters. The zero-order valence-corrected chi connectivity index (χ0v) is 13.5. The minimum atomic E-state index is -0.208. The van der Waals surface area contributed by atoms with Gasteiger partial charge in [0.25, 0.3) is 0 Å². The Bertz CT molecular complexity index is 543. The van der Waals surface area contributed by atoms with Gasteiger partial charge in [-0.1, -0.05) is 0 Å². The van der Waals surface area contributed by atoms with Gasteiger partial charge in [0.2, 0.25) is 5.91 Å². The maximum atomic E-state index is 11.5. The smallest absolute Gasteiger partial charge is 0.223 e. The summed E-state index contributed by atoms with van der Waals surface area (Å²) < 4.78 is 5.73. The molecule has 1 aromatic heterocycles. The summed E-state index contributed by atoms with van der Waals surface area (Å²) in [5.41, 5.74) is 12.4. The number of hydrogen-bond donors (Lipinski definition) is 2. The number of carbonyl (C=O) groups is 1. The van der Waals surface area contributed by atoms with Gasteiger partial charge in [-0.25, -0.2) is 4.98 Å². The third kappa shape index (κ3) is 4.20. The molecule has 2 aliphatic heterocycles. The molecule has 4 N–H and O–H groups in total. The summed E-state index contributed by atoms with van der Waals surface area (Å²) >= 11 is 0. The molecule has 0 saturated carbocycles. The van der Waals surface area contributed by atoms with Crippen LogP contribution in [0.1, 0.15) is 31.2 Å². The fraction of sp³-hybridized carbons (Fsp3) is 0.647. The Morgan fingerprint density at radius 3 is 2.83 bits per heavy atom. The van der Waals surface area contributed by atoms with Crippen molar-refractivity contribution in [2.45, 2.75) is 38.3 Å². The molecule has 0 radical (unpaired) electrons. The van der Waals surface area contributed by atoms with Crippen LogP contribution >= 0.6 is 0 Å². The third-order valence-electron chi connectivity index (χ3n) is 5.10. The fourth-order valence-electron chi connectivity index (χ4n) is 3.77. The van der Waals surface area contributed by atoms with E-state index < -0.39 is 0 Å². The lowest BCUT2D eigenvalue weighted by Gasteiger charge is -2.33. The number of hydrogen-bond acceptors (Lipinski definition) is 5. The van der Waals surface area contributed by atoms with E-state index in [1.165, 1.54) is 5.56 Å². The second kappa shape index (κ2) is 7.27. The van der Waals surface area contributed by atoms with Crippen molar-refractivity contribution in [3.05, 3.63) is 23.9 Å². The van der Waals surface area contributed by atoms with Crippen LogP contribution < -0.4 is 11.5 Å². The molecule has 23 heavy (non-hydrogen) atoms. The Kier molecular flexibility index (Phi) is 5.13. The molecule has 1 aromatic rings. The van der Waals surface area contributed by atoms with Crippen LogP contribution in [0.2, 0.25) is 0 Å². The first kappa shape index (κ1) is 16.2. The van der Waals surface area contributed by atoms with E-state index in [4.69, 9.17) is 16.2 Å². The first-order chi connectivity index (χ1) is 11.1. The minimum absolute atomic E-state index is 0.0315. The zero-order chi connectivity index (χ0) is 16.2. The van der Waals surface area contributed by atoms with Crippen LogP contribution in [0.3, 0.4) is 0 Å². The molecule has 2 atom stereocenters. The second-order valence-electron chi connectivity index (χ2n) is 6.75. The number of anilines is 1. The van der Waals surface area contributed by atoms with E-state index >= 15 is 0 Å². The summed E-state index contributed by atoms with van der Waals surface area (Å²) in [7, 11) is 0. The van der Waals surface area contributed by atoms with Crippen molar-refractivity contribution in [1.29, 1.82) is 0 Å². The molecule has 3 rings (SSSR count). The summed E-state index contributed by atoms with van der Waals surface area (Å²) in [5.74, 6) is 0.903. The number of carbonyl (C=O) groups excluding carboxylic acids is 1. The molecule has 2 aliphatic rings. The van der Waals surface area contributed by atoms with Crippen molar-refractivity contribution in [2.75, 3.05) is 25.4 Å². The number of pyridine rings is 1. The highest BCUT2D eigenvalue weighted by molar-refractivity contribution is 5.77. The molecule has 0 aromatic carbocycles. The van der Waals surface area contributed by atoms with Crippen LogP contribution in [0.5, 0.6) is 0 Å². The van der Waals surface area contributed by atoms with Crippen LogP contribution in [-0.2, 0) is 16.1 Å². The largest absolute Gasteiger partial charge is 0.384 e. The van der Waals surface area contributed by atoms with E-state index in [9.17, 15) is 4.79 Å². The van der Waals surface area contributed by atoms with E-state index in [1.54, 1.807) is 6.20 Å². The monoisotopic (exact) mass is 318 g/mol. The molecular weight excluding hydrogens is 292 g/mol. The van der Waals surface area contributed by atoms with Gasteiger partial charge in [-0.2, -0.15) is 0 Å². The number of nitrogens with two attached hydrogens (primary N) is 2. The predicted octanol–water partition coefficient (Wildman–Crippen LogP) is 1.16. The van der Waals surface area contributed by atoms with Crippen LogP contribution in [-0.4, -0.2) is 41.6 Å². The highest BCUT2D eigenvalue weighted by Gasteiger charge is 2.34. The van der Waals surface area contributed by atoms with Gasteiger partial charge in [-0.15, -0.1) is 0 Å². The van der Waals surface area contributed by atoms with E-state index in [-0.39, 0.29) is 17.9 Å². The van der Waals surface area contributed by atoms with Crippen LogP contribution in [0.25, 0.3) is 0 Å². The SMILES string of the molecule is NC(=O)[C@@H]1CCO[C@@H]1CC1CCN(Cc2ccnc(N)c2)CC1. The zero-order valence-electron chi connectivity index (χ0n) is 13.5. The van der Waals surface area contributed by atoms with E-state index in [0.717, 1.165) is 45.3 Å². The topological polar surface area (TPSA) is 94.5 Å². The van der Waals surface area contributed by atoms with Crippen molar-refractivity contribution in [3.63, 3.8) is 0 Å². The van der Waals surface area contributed by atoms with Crippen molar-refractivity contribution >= 4 is 11.7 Å². The minimum Gasteiger partial charge on any atom is -0.384 e. The lowest BCUT2D eigenvalue weighted by molar-refractivity contribution is -0.123. The number of nitrogens with zero attached hydrogens (tertiary/aromatic N) is 2. The summed E-state index contributed by atoms with van der Waals surface area (Å²) in [6, 6.07) is 3.96. The third-order valence-corrected chi connectivity index (χ3v) is 5.10. The summed E-state index contributed by atoms with van der Waals surface area (Å²) in [6.07, 6.45) is 5.83. The second-order valence-corrected chi connectivity index (χ2v) is 6.75. The lowest BCUT2D eigenvalue weighted by atomic mass is 9.86. The average molecular weight is 318 g/mol. The molecule has 3 heterocycles. The Hall–Kier alpha value is -1.66. The number of aromatic nitrogens is 1. The Morgan fingerprint density at radius 2 is 2.13 bits per heavy atom. The number of likely N-dealkylation sites (tertiary alicyclic amines) is 1. The van der Waals surface area contributed by atoms with Crippen molar-refractivity contribution in [1.82, 2.24) is 9.88 Å². The van der Waals surface area contributed by atoms with Crippen LogP contribution in [0.15, 0.2) is 18.3 Å². The fourth-order valence-corrected chi connectivity index (χ4v) is 3.77. The lowest BCUT2D eigenvalue weighted by Crippen LogP contribution is -2.36. The maximum absolute atomic E-state index is 11.5. The first-order valence-corrected chi connectivity index (χ1v) is 8.45. The van der Waals surface area contributed by atoms with Gasteiger partial charge in [-0.3, -0.25) is 9.69 Å². The number of piperidine rings is 1. The van der Waals surface area contributed by atoms with Gasteiger partial charge >= 0.3 is 0 Å². The molecule has 2 fully saturated rings. The Morgan fingerprint density at radius 1 is 1.35 bits per heavy atom. The molecule has 126 valence electrons. The number of ether oxygens (including phenoxy) is 1. The standard InChI is InChI=1S/C17H26N4O2/c18-16-10-13(1-5-20-16)11-21-6-2-12(3-7-21)9-15-14(17(19)22)4-8-23-15/h1,5,10,12,14-15H,2-4,6-9,11H2,(H2,18,20)(H2,19,22)/t14-,15-/m1/s1. The first-order valence-electron chi connectivity index (χ1n) is 8.45. The molecule has 6 nitrogen and oxygen atoms in total. The van der Waals surface area contributed by atoms with Gasteiger partial charge in [-0.05, 0) is 62.4 Å². The van der Waals surface area contributed by atoms with Gasteiger partial charge in [0, 0.05) is 19.3 Å². The molecule has 1 amide bonds. The average Bonchev–Trinajstić information content (AvgIpc) is 2.98.